The molecule has 0 spiro atoms. The molecular weight excluding hydrogens is 460 g/mol. The molecule has 12 heteroatoms. The van der Waals surface area contributed by atoms with Crippen LogP contribution in [-0.2, 0) is 23.0 Å². The van der Waals surface area contributed by atoms with E-state index in [0.717, 1.165) is 17.0 Å². The van der Waals surface area contributed by atoms with E-state index in [4.69, 9.17) is 9.88 Å². The first-order chi connectivity index (χ1) is 16.3. The minimum absolute atomic E-state index is 0.0148. The molecule has 0 saturated heterocycles. The number of carbonyl (C=O) groups excluding carboxylic acids is 1. The Balaban J connectivity index is 1.41. The van der Waals surface area contributed by atoms with Gasteiger partial charge in [0.2, 0.25) is 21.7 Å². The van der Waals surface area contributed by atoms with E-state index in [2.05, 4.69) is 15.5 Å². The standard InChI is InChI=1S/C22H24N6O5S/c1-2-33-17-7-5-16(6-8-17)27-13-14-28-21(30)19(25-26-22(27)28)20(29)24-12-11-15-3-9-18(10-4-15)34(23,31)32/h3-10H,2,11-14H2,1H3,(H,24,29)(H2,23,31,32). The topological polar surface area (TPSA) is 150 Å². The average molecular weight is 485 g/mol. The molecule has 11 nitrogen and oxygen atoms in total. The van der Waals surface area contributed by atoms with Crippen molar-refractivity contribution in [1.82, 2.24) is 20.1 Å². The van der Waals surface area contributed by atoms with E-state index in [-0.39, 0.29) is 17.1 Å². The second-order valence-corrected chi connectivity index (χ2v) is 9.14. The Kier molecular flexibility index (Phi) is 6.61. The van der Waals surface area contributed by atoms with Gasteiger partial charge in [0.1, 0.15) is 5.75 Å². The van der Waals surface area contributed by atoms with E-state index in [0.29, 0.717) is 32.1 Å². The number of carbonyl (C=O) groups is 1. The fourth-order valence-corrected chi connectivity index (χ4v) is 4.15. The zero-order chi connectivity index (χ0) is 24.3. The summed E-state index contributed by atoms with van der Waals surface area (Å²) in [7, 11) is -3.76. The van der Waals surface area contributed by atoms with Crippen LogP contribution >= 0.6 is 0 Å². The molecule has 1 amide bonds. The lowest BCUT2D eigenvalue weighted by Gasteiger charge is -2.17. The Morgan fingerprint density at radius 3 is 2.44 bits per heavy atom. The van der Waals surface area contributed by atoms with Crippen molar-refractivity contribution in [3.05, 3.63) is 70.1 Å². The fourth-order valence-electron chi connectivity index (χ4n) is 3.64. The van der Waals surface area contributed by atoms with E-state index in [1.807, 2.05) is 36.1 Å². The van der Waals surface area contributed by atoms with Crippen LogP contribution < -0.4 is 25.7 Å². The number of benzene rings is 2. The van der Waals surface area contributed by atoms with Crippen LogP contribution in [-0.4, -0.2) is 48.8 Å². The Hall–Kier alpha value is -3.77. The van der Waals surface area contributed by atoms with Crippen molar-refractivity contribution in [2.75, 3.05) is 24.6 Å². The van der Waals surface area contributed by atoms with Crippen LogP contribution in [0.3, 0.4) is 0 Å². The number of nitrogens with one attached hydrogen (secondary N) is 1. The molecule has 2 heterocycles. The van der Waals surface area contributed by atoms with Gasteiger partial charge in [-0.15, -0.1) is 10.2 Å². The van der Waals surface area contributed by atoms with Gasteiger partial charge in [0.15, 0.2) is 0 Å². The number of hydrogen-bond acceptors (Lipinski definition) is 8. The smallest absolute Gasteiger partial charge is 0.286 e. The first-order valence-electron chi connectivity index (χ1n) is 10.7. The van der Waals surface area contributed by atoms with Gasteiger partial charge in [0.05, 0.1) is 11.5 Å². The average Bonchev–Trinajstić information content (AvgIpc) is 3.25. The van der Waals surface area contributed by atoms with Crippen LogP contribution in [0.15, 0.2) is 58.2 Å². The summed E-state index contributed by atoms with van der Waals surface area (Å²) in [6.45, 7) is 3.62. The molecular formula is C22H24N6O5S. The molecule has 0 saturated carbocycles. The first kappa shape index (κ1) is 23.4. The molecule has 0 unspecified atom stereocenters. The maximum atomic E-state index is 12.9. The van der Waals surface area contributed by atoms with Crippen molar-refractivity contribution in [1.29, 1.82) is 0 Å². The van der Waals surface area contributed by atoms with E-state index >= 15 is 0 Å². The highest BCUT2D eigenvalue weighted by atomic mass is 32.2. The second kappa shape index (κ2) is 9.61. The summed E-state index contributed by atoms with van der Waals surface area (Å²) in [5.41, 5.74) is 0.861. The first-order valence-corrected chi connectivity index (χ1v) is 12.2. The number of sulfonamides is 1. The minimum atomic E-state index is -3.76. The summed E-state index contributed by atoms with van der Waals surface area (Å²) in [6, 6.07) is 13.5. The lowest BCUT2D eigenvalue weighted by molar-refractivity contribution is 0.0945. The molecule has 1 aliphatic heterocycles. The number of amides is 1. The monoisotopic (exact) mass is 484 g/mol. The van der Waals surface area contributed by atoms with Gasteiger partial charge in [-0.05, 0) is 55.3 Å². The van der Waals surface area contributed by atoms with Crippen molar-refractivity contribution < 1.29 is 17.9 Å². The van der Waals surface area contributed by atoms with Crippen LogP contribution in [0.25, 0.3) is 0 Å². The highest BCUT2D eigenvalue weighted by Gasteiger charge is 2.27. The Morgan fingerprint density at radius 2 is 1.79 bits per heavy atom. The van der Waals surface area contributed by atoms with Crippen molar-refractivity contribution in [3.63, 3.8) is 0 Å². The Labute approximate surface area is 196 Å². The molecule has 1 aliphatic rings. The molecule has 2 aromatic carbocycles. The molecule has 0 aliphatic carbocycles. The molecule has 4 rings (SSSR count). The number of anilines is 2. The van der Waals surface area contributed by atoms with Crippen LogP contribution in [0.4, 0.5) is 11.6 Å². The largest absolute Gasteiger partial charge is 0.494 e. The number of nitrogens with two attached hydrogens (primary N) is 1. The number of primary sulfonamides is 1. The molecule has 3 aromatic rings. The number of fused-ring (bicyclic) bond motifs is 1. The maximum absolute atomic E-state index is 12.9. The fraction of sp³-hybridized carbons (Fsp3) is 0.273. The van der Waals surface area contributed by atoms with Gasteiger partial charge in [0.25, 0.3) is 11.5 Å². The summed E-state index contributed by atoms with van der Waals surface area (Å²) in [6.07, 6.45) is 0.432. The number of rotatable bonds is 8. The summed E-state index contributed by atoms with van der Waals surface area (Å²) in [5.74, 6) is 0.510. The Bertz CT molecular complexity index is 1350. The van der Waals surface area contributed by atoms with Crippen molar-refractivity contribution in [3.8, 4) is 5.75 Å². The Morgan fingerprint density at radius 1 is 1.09 bits per heavy atom. The highest BCUT2D eigenvalue weighted by molar-refractivity contribution is 7.89. The molecule has 0 fully saturated rings. The number of aromatic nitrogens is 3. The molecule has 0 atom stereocenters. The summed E-state index contributed by atoms with van der Waals surface area (Å²) < 4.78 is 29.5. The van der Waals surface area contributed by atoms with Crippen molar-refractivity contribution in [2.24, 2.45) is 5.14 Å². The molecule has 0 bridgehead atoms. The molecule has 34 heavy (non-hydrogen) atoms. The molecule has 1 aromatic heterocycles. The lowest BCUT2D eigenvalue weighted by atomic mass is 10.1. The quantitative estimate of drug-likeness (QED) is 0.477. The minimum Gasteiger partial charge on any atom is -0.494 e. The number of nitrogens with zero attached hydrogens (tertiary/aromatic N) is 4. The second-order valence-electron chi connectivity index (χ2n) is 7.58. The van der Waals surface area contributed by atoms with E-state index < -0.39 is 21.5 Å². The number of ether oxygens (including phenoxy) is 1. The van der Waals surface area contributed by atoms with Gasteiger partial charge >= 0.3 is 0 Å². The van der Waals surface area contributed by atoms with Crippen LogP contribution in [0.5, 0.6) is 5.75 Å². The van der Waals surface area contributed by atoms with Gasteiger partial charge < -0.3 is 15.0 Å². The predicted molar refractivity (Wildman–Crippen MR) is 125 cm³/mol. The summed E-state index contributed by atoms with van der Waals surface area (Å²) in [5, 5.41) is 15.8. The third-order valence-corrected chi connectivity index (χ3v) is 6.27. The zero-order valence-electron chi connectivity index (χ0n) is 18.5. The third kappa shape index (κ3) is 4.92. The van der Waals surface area contributed by atoms with Gasteiger partial charge in [-0.25, -0.2) is 13.6 Å². The maximum Gasteiger partial charge on any atom is 0.286 e. The van der Waals surface area contributed by atoms with Gasteiger partial charge in [-0.3, -0.25) is 14.2 Å². The molecule has 178 valence electrons. The summed E-state index contributed by atoms with van der Waals surface area (Å²) in [4.78, 5) is 27.3. The third-order valence-electron chi connectivity index (χ3n) is 5.34. The van der Waals surface area contributed by atoms with Gasteiger partial charge in [-0.1, -0.05) is 12.1 Å². The predicted octanol–water partition coefficient (Wildman–Crippen LogP) is 0.809. The molecule has 3 N–H and O–H groups in total. The van der Waals surface area contributed by atoms with Gasteiger partial charge in [0, 0.05) is 25.3 Å². The van der Waals surface area contributed by atoms with Crippen molar-refractivity contribution >= 4 is 27.6 Å². The van der Waals surface area contributed by atoms with Crippen molar-refractivity contribution in [2.45, 2.75) is 24.8 Å². The SMILES string of the molecule is CCOc1ccc(N2CCn3c2nnc(C(=O)NCCc2ccc(S(N)(=O)=O)cc2)c3=O)cc1. The van der Waals surface area contributed by atoms with Gasteiger partial charge in [-0.2, -0.15) is 0 Å². The van der Waals surface area contributed by atoms with Crippen LogP contribution in [0.2, 0.25) is 0 Å². The van der Waals surface area contributed by atoms with Crippen LogP contribution in [0, 0.1) is 0 Å². The summed E-state index contributed by atoms with van der Waals surface area (Å²) >= 11 is 0. The highest BCUT2D eigenvalue weighted by Crippen LogP contribution is 2.28. The van der Waals surface area contributed by atoms with E-state index in [1.165, 1.54) is 16.7 Å². The van der Waals surface area contributed by atoms with E-state index in [1.54, 1.807) is 12.1 Å². The normalized spacial score (nSPS) is 12.9. The zero-order valence-corrected chi connectivity index (χ0v) is 19.3. The number of hydrogen-bond donors (Lipinski definition) is 2. The van der Waals surface area contributed by atoms with Crippen LogP contribution in [0.1, 0.15) is 23.0 Å². The molecule has 0 radical (unpaired) electrons. The van der Waals surface area contributed by atoms with E-state index in [9.17, 15) is 18.0 Å². The lowest BCUT2D eigenvalue weighted by Crippen LogP contribution is -2.35.